The highest BCUT2D eigenvalue weighted by molar-refractivity contribution is 5.78. The van der Waals surface area contributed by atoms with Gasteiger partial charge < -0.3 is 15.8 Å². The molecule has 104 valence electrons. The molecule has 0 radical (unpaired) electrons. The third kappa shape index (κ3) is 4.23. The first-order chi connectivity index (χ1) is 8.75. The second kappa shape index (κ2) is 7.07. The lowest BCUT2D eigenvalue weighted by atomic mass is 10.1. The molecule has 2 unspecified atom stereocenters. The van der Waals surface area contributed by atoms with Crippen LogP contribution < -0.4 is 11.1 Å². The molecule has 1 amide bonds. The summed E-state index contributed by atoms with van der Waals surface area (Å²) in [6, 6.07) is 0.231. The Morgan fingerprint density at radius 3 is 2.78 bits per heavy atom. The molecule has 5 heteroatoms. The van der Waals surface area contributed by atoms with E-state index in [9.17, 15) is 4.79 Å². The van der Waals surface area contributed by atoms with E-state index in [0.29, 0.717) is 0 Å². The molecule has 1 aliphatic carbocycles. The van der Waals surface area contributed by atoms with Crippen molar-refractivity contribution in [3.05, 3.63) is 0 Å². The Kier molecular flexibility index (Phi) is 5.41. The molecule has 0 spiro atoms. The van der Waals surface area contributed by atoms with Gasteiger partial charge in [0.15, 0.2) is 0 Å². The molecule has 2 atom stereocenters. The molecule has 2 rings (SSSR count). The molecule has 3 N–H and O–H groups in total. The van der Waals surface area contributed by atoms with Crippen molar-refractivity contribution in [2.24, 2.45) is 11.7 Å². The van der Waals surface area contributed by atoms with E-state index in [1.807, 2.05) is 0 Å². The third-order valence-corrected chi connectivity index (χ3v) is 3.90. The van der Waals surface area contributed by atoms with Crippen LogP contribution in [-0.4, -0.2) is 56.2 Å². The van der Waals surface area contributed by atoms with E-state index >= 15 is 0 Å². The number of hydrogen-bond acceptors (Lipinski definition) is 4. The Morgan fingerprint density at radius 1 is 1.33 bits per heavy atom. The summed E-state index contributed by atoms with van der Waals surface area (Å²) in [5, 5.41) is 3.03. The van der Waals surface area contributed by atoms with E-state index in [1.54, 1.807) is 0 Å². The van der Waals surface area contributed by atoms with Gasteiger partial charge in [-0.25, -0.2) is 0 Å². The van der Waals surface area contributed by atoms with E-state index in [4.69, 9.17) is 10.5 Å². The van der Waals surface area contributed by atoms with E-state index in [2.05, 4.69) is 10.2 Å². The van der Waals surface area contributed by atoms with Crippen LogP contribution in [0, 0.1) is 5.92 Å². The van der Waals surface area contributed by atoms with Crippen molar-refractivity contribution < 1.29 is 9.53 Å². The zero-order chi connectivity index (χ0) is 12.8. The summed E-state index contributed by atoms with van der Waals surface area (Å²) < 4.78 is 5.30. The van der Waals surface area contributed by atoms with Crippen LogP contribution in [0.5, 0.6) is 0 Å². The van der Waals surface area contributed by atoms with Crippen molar-refractivity contribution in [3.63, 3.8) is 0 Å². The number of nitrogens with one attached hydrogen (secondary N) is 1. The third-order valence-electron chi connectivity index (χ3n) is 3.90. The fraction of sp³-hybridized carbons (Fsp3) is 0.923. The zero-order valence-corrected chi connectivity index (χ0v) is 11.1. The van der Waals surface area contributed by atoms with Crippen LogP contribution in [0.2, 0.25) is 0 Å². The Balaban J connectivity index is 1.53. The first-order valence-corrected chi connectivity index (χ1v) is 7.09. The molecule has 5 nitrogen and oxygen atoms in total. The highest BCUT2D eigenvalue weighted by atomic mass is 16.5. The van der Waals surface area contributed by atoms with Crippen LogP contribution in [-0.2, 0) is 9.53 Å². The van der Waals surface area contributed by atoms with E-state index < -0.39 is 0 Å². The topological polar surface area (TPSA) is 67.6 Å². The number of ether oxygens (including phenoxy) is 1. The van der Waals surface area contributed by atoms with Gasteiger partial charge in [0.1, 0.15) is 0 Å². The molecule has 0 aromatic heterocycles. The van der Waals surface area contributed by atoms with Gasteiger partial charge in [-0.05, 0) is 32.2 Å². The molecule has 1 saturated carbocycles. The molecular formula is C13H25N3O2. The van der Waals surface area contributed by atoms with Gasteiger partial charge in [0.05, 0.1) is 13.2 Å². The summed E-state index contributed by atoms with van der Waals surface area (Å²) >= 11 is 0. The van der Waals surface area contributed by atoms with Crippen molar-refractivity contribution >= 4 is 5.91 Å². The lowest BCUT2D eigenvalue weighted by molar-refractivity contribution is -0.124. The second-order valence-corrected chi connectivity index (χ2v) is 5.37. The normalized spacial score (nSPS) is 29.4. The van der Waals surface area contributed by atoms with Crippen molar-refractivity contribution in [1.29, 1.82) is 0 Å². The van der Waals surface area contributed by atoms with Gasteiger partial charge in [-0.3, -0.25) is 9.69 Å². The average Bonchev–Trinajstić information content (AvgIpc) is 2.82. The fourth-order valence-electron chi connectivity index (χ4n) is 2.74. The molecule has 1 heterocycles. The number of nitrogens with two attached hydrogens (primary N) is 1. The van der Waals surface area contributed by atoms with Crippen LogP contribution in [0.1, 0.15) is 25.7 Å². The van der Waals surface area contributed by atoms with Crippen molar-refractivity contribution in [1.82, 2.24) is 10.2 Å². The van der Waals surface area contributed by atoms with Crippen LogP contribution >= 0.6 is 0 Å². The summed E-state index contributed by atoms with van der Waals surface area (Å²) in [4.78, 5) is 14.2. The Morgan fingerprint density at radius 2 is 2.11 bits per heavy atom. The standard InChI is InChI=1S/C13H25N3O2/c14-12-3-2-11(10-12)13(17)15-4-1-5-16-6-8-18-9-7-16/h11-12H,1-10,14H2,(H,15,17). The molecule has 0 aromatic rings. The van der Waals surface area contributed by atoms with Gasteiger partial charge >= 0.3 is 0 Å². The maximum absolute atomic E-state index is 11.8. The number of carbonyl (C=O) groups is 1. The first-order valence-electron chi connectivity index (χ1n) is 7.09. The molecule has 2 aliphatic rings. The van der Waals surface area contributed by atoms with Gasteiger partial charge in [-0.1, -0.05) is 0 Å². The quantitative estimate of drug-likeness (QED) is 0.676. The maximum Gasteiger partial charge on any atom is 0.223 e. The summed E-state index contributed by atoms with van der Waals surface area (Å²) in [6.45, 7) is 5.55. The van der Waals surface area contributed by atoms with Crippen LogP contribution in [0.3, 0.4) is 0 Å². The molecule has 0 aromatic carbocycles. The predicted molar refractivity (Wildman–Crippen MR) is 70.2 cm³/mol. The van der Waals surface area contributed by atoms with Crippen LogP contribution in [0.25, 0.3) is 0 Å². The smallest absolute Gasteiger partial charge is 0.223 e. The number of amides is 1. The first kappa shape index (κ1) is 13.8. The summed E-state index contributed by atoms with van der Waals surface area (Å²) in [6.07, 6.45) is 3.82. The summed E-state index contributed by atoms with van der Waals surface area (Å²) in [7, 11) is 0. The second-order valence-electron chi connectivity index (χ2n) is 5.37. The fourth-order valence-corrected chi connectivity index (χ4v) is 2.74. The molecule has 18 heavy (non-hydrogen) atoms. The molecular weight excluding hydrogens is 230 g/mol. The highest BCUT2D eigenvalue weighted by Gasteiger charge is 2.27. The van der Waals surface area contributed by atoms with Crippen molar-refractivity contribution in [2.45, 2.75) is 31.7 Å². The van der Waals surface area contributed by atoms with E-state index in [1.165, 1.54) is 0 Å². The lowest BCUT2D eigenvalue weighted by Crippen LogP contribution is -2.38. The minimum atomic E-state index is 0.156. The van der Waals surface area contributed by atoms with Gasteiger partial charge in [0.2, 0.25) is 5.91 Å². The van der Waals surface area contributed by atoms with Gasteiger partial charge in [0.25, 0.3) is 0 Å². The van der Waals surface area contributed by atoms with E-state index in [0.717, 1.165) is 65.1 Å². The highest BCUT2D eigenvalue weighted by Crippen LogP contribution is 2.23. The van der Waals surface area contributed by atoms with E-state index in [-0.39, 0.29) is 17.9 Å². The predicted octanol–water partition coefficient (Wildman–Crippen LogP) is -0.0477. The SMILES string of the molecule is NC1CCC(C(=O)NCCCN2CCOCC2)C1. The van der Waals surface area contributed by atoms with Crippen molar-refractivity contribution in [3.8, 4) is 0 Å². The van der Waals surface area contributed by atoms with Crippen molar-refractivity contribution in [2.75, 3.05) is 39.4 Å². The Hall–Kier alpha value is -0.650. The number of hydrogen-bond donors (Lipinski definition) is 2. The molecule has 2 fully saturated rings. The van der Waals surface area contributed by atoms with Gasteiger partial charge in [-0.2, -0.15) is 0 Å². The molecule has 1 saturated heterocycles. The number of nitrogens with zero attached hydrogens (tertiary/aromatic N) is 1. The molecule has 1 aliphatic heterocycles. The minimum absolute atomic E-state index is 0.156. The summed E-state index contributed by atoms with van der Waals surface area (Å²) in [5.41, 5.74) is 5.82. The number of carbonyl (C=O) groups excluding carboxylic acids is 1. The largest absolute Gasteiger partial charge is 0.379 e. The summed E-state index contributed by atoms with van der Waals surface area (Å²) in [5.74, 6) is 0.355. The Labute approximate surface area is 109 Å². The average molecular weight is 255 g/mol. The van der Waals surface area contributed by atoms with Gasteiger partial charge in [-0.15, -0.1) is 0 Å². The number of rotatable bonds is 5. The lowest BCUT2D eigenvalue weighted by Gasteiger charge is -2.26. The maximum atomic E-state index is 11.8. The van der Waals surface area contributed by atoms with Gasteiger partial charge in [0, 0.05) is 31.6 Å². The monoisotopic (exact) mass is 255 g/mol. The van der Waals surface area contributed by atoms with Crippen LogP contribution in [0.4, 0.5) is 0 Å². The Bertz CT molecular complexity index is 267. The number of morpholine rings is 1. The molecule has 0 bridgehead atoms. The van der Waals surface area contributed by atoms with Crippen LogP contribution in [0.15, 0.2) is 0 Å². The minimum Gasteiger partial charge on any atom is -0.379 e. The zero-order valence-electron chi connectivity index (χ0n) is 11.1.